The van der Waals surface area contributed by atoms with Gasteiger partial charge in [0, 0.05) is 20.0 Å². The first-order valence-electron chi connectivity index (χ1n) is 9.32. The molecule has 2 unspecified atom stereocenters. The van der Waals surface area contributed by atoms with Crippen molar-refractivity contribution in [1.29, 1.82) is 0 Å². The summed E-state index contributed by atoms with van der Waals surface area (Å²) in [6, 6.07) is 14.5. The van der Waals surface area contributed by atoms with E-state index in [2.05, 4.69) is 4.72 Å². The quantitative estimate of drug-likeness (QED) is 0.586. The van der Waals surface area contributed by atoms with Gasteiger partial charge in [0.25, 0.3) is 0 Å². The fourth-order valence-corrected chi connectivity index (χ4v) is 4.02. The van der Waals surface area contributed by atoms with Crippen molar-refractivity contribution in [1.82, 2.24) is 4.72 Å². The number of anilines is 1. The summed E-state index contributed by atoms with van der Waals surface area (Å²) >= 11 is 0. The van der Waals surface area contributed by atoms with Gasteiger partial charge in [-0.25, -0.2) is 13.1 Å². The molecule has 0 bridgehead atoms. The van der Waals surface area contributed by atoms with Gasteiger partial charge < -0.3 is 10.8 Å². The Morgan fingerprint density at radius 1 is 1.15 bits per heavy atom. The highest BCUT2D eigenvalue weighted by molar-refractivity contribution is 7.89. The summed E-state index contributed by atoms with van der Waals surface area (Å²) in [6.45, 7) is 2.59. The molecule has 0 spiro atoms. The molecule has 2 rings (SSSR count). The Hall–Kier alpha value is -1.89. The predicted molar refractivity (Wildman–Crippen MR) is 105 cm³/mol. The highest BCUT2D eigenvalue weighted by Crippen LogP contribution is 2.24. The summed E-state index contributed by atoms with van der Waals surface area (Å²) in [5.74, 6) is -0.166. The molecule has 0 radical (unpaired) electrons. The van der Waals surface area contributed by atoms with Gasteiger partial charge in [0.1, 0.15) is 0 Å². The Kier molecular flexibility index (Phi) is 6.66. The van der Waals surface area contributed by atoms with Crippen molar-refractivity contribution in [2.24, 2.45) is 5.92 Å². The van der Waals surface area contributed by atoms with E-state index in [1.165, 1.54) is 6.07 Å². The summed E-state index contributed by atoms with van der Waals surface area (Å²) in [5, 5.41) is 10.4. The van der Waals surface area contributed by atoms with Gasteiger partial charge in [-0.05, 0) is 42.0 Å². The van der Waals surface area contributed by atoms with Crippen LogP contribution in [0.5, 0.6) is 0 Å². The van der Waals surface area contributed by atoms with Crippen LogP contribution in [0.1, 0.15) is 32.8 Å². The van der Waals surface area contributed by atoms with Crippen LogP contribution < -0.4 is 10.5 Å². The highest BCUT2D eigenvalue weighted by Gasteiger charge is 2.22. The van der Waals surface area contributed by atoms with Crippen LogP contribution in [0.15, 0.2) is 53.4 Å². The second-order valence-electron chi connectivity index (χ2n) is 6.74. The van der Waals surface area contributed by atoms with E-state index < -0.39 is 22.6 Å². The molecule has 2 atom stereocenters. The van der Waals surface area contributed by atoms with E-state index >= 15 is 0 Å². The first kappa shape index (κ1) is 18.9. The Morgan fingerprint density at radius 3 is 2.50 bits per heavy atom. The van der Waals surface area contributed by atoms with Crippen molar-refractivity contribution in [2.75, 3.05) is 12.3 Å². The number of nitrogens with one attached hydrogen (secondary N) is 1. The van der Waals surface area contributed by atoms with Gasteiger partial charge in [0.2, 0.25) is 10.0 Å². The fraction of sp³-hybridized carbons (Fsp3) is 0.400. The molecule has 142 valence electrons. The topological polar surface area (TPSA) is 92.4 Å². The minimum Gasteiger partial charge on any atom is -0.398 e. The van der Waals surface area contributed by atoms with Gasteiger partial charge in [-0.2, -0.15) is 0 Å². The molecule has 0 saturated heterocycles. The van der Waals surface area contributed by atoms with Crippen molar-refractivity contribution in [3.8, 4) is 0 Å². The third-order valence-electron chi connectivity index (χ3n) is 4.06. The molecule has 0 aliphatic rings. The molecule has 0 amide bonds. The number of benzene rings is 2. The summed E-state index contributed by atoms with van der Waals surface area (Å²) in [4.78, 5) is 0.0270. The Labute approximate surface area is 157 Å². The monoisotopic (exact) mass is 377 g/mol. The van der Waals surface area contributed by atoms with Gasteiger partial charge in [-0.15, -0.1) is 0 Å². The van der Waals surface area contributed by atoms with Crippen molar-refractivity contribution in [3.05, 3.63) is 59.7 Å². The fourth-order valence-electron chi connectivity index (χ4n) is 2.66. The zero-order valence-electron chi connectivity index (χ0n) is 16.2. The van der Waals surface area contributed by atoms with E-state index in [0.29, 0.717) is 24.1 Å². The summed E-state index contributed by atoms with van der Waals surface area (Å²) in [7, 11) is -3.90. The van der Waals surface area contributed by atoms with Crippen molar-refractivity contribution in [3.63, 3.8) is 0 Å². The van der Waals surface area contributed by atoms with E-state index in [0.717, 1.165) is 5.56 Å². The van der Waals surface area contributed by atoms with Gasteiger partial charge in [-0.1, -0.05) is 50.2 Å². The normalized spacial score (nSPS) is 14.8. The summed E-state index contributed by atoms with van der Waals surface area (Å²) in [5.41, 5.74) is 7.84. The van der Waals surface area contributed by atoms with E-state index in [9.17, 15) is 13.5 Å². The number of nitrogen functional groups attached to an aromatic ring is 1. The van der Waals surface area contributed by atoms with Crippen LogP contribution in [0, 0.1) is 5.92 Å². The molecular weight excluding hydrogens is 348 g/mol. The van der Waals surface area contributed by atoms with Crippen molar-refractivity contribution in [2.45, 2.75) is 44.1 Å². The second-order valence-corrected chi connectivity index (χ2v) is 8.42. The first-order chi connectivity index (χ1) is 12.7. The lowest BCUT2D eigenvalue weighted by Crippen LogP contribution is -2.29. The number of aliphatic hydroxyl groups excluding tert-OH is 1. The number of aliphatic hydroxyl groups is 1. The molecule has 0 aromatic heterocycles. The smallest absolute Gasteiger partial charge is 0.240 e. The average molecular weight is 378 g/mol. The number of sulfonamides is 1. The molecule has 6 heteroatoms. The Morgan fingerprint density at radius 2 is 1.85 bits per heavy atom. The molecule has 2 aromatic rings. The zero-order chi connectivity index (χ0) is 20.0. The van der Waals surface area contributed by atoms with Crippen LogP contribution >= 0.6 is 0 Å². The van der Waals surface area contributed by atoms with Gasteiger partial charge in [0.05, 0.1) is 11.0 Å². The number of nitrogens with two attached hydrogens (primary N) is 1. The Balaban J connectivity index is 2.16. The SMILES string of the molecule is [2H]C(NS(=O)(=O)c1cccc(N)c1CC(O)CCc1ccccc1)C(C)C. The molecule has 0 aliphatic carbocycles. The lowest BCUT2D eigenvalue weighted by Gasteiger charge is -2.17. The molecule has 5 nitrogen and oxygen atoms in total. The highest BCUT2D eigenvalue weighted by atomic mass is 32.2. The summed E-state index contributed by atoms with van der Waals surface area (Å²) in [6.07, 6.45) is 0.607. The number of hydrogen-bond acceptors (Lipinski definition) is 4. The van der Waals surface area contributed by atoms with Crippen molar-refractivity contribution >= 4 is 15.7 Å². The third kappa shape index (κ3) is 5.83. The van der Waals surface area contributed by atoms with E-state index in [1.54, 1.807) is 26.0 Å². The summed E-state index contributed by atoms with van der Waals surface area (Å²) < 4.78 is 35.7. The van der Waals surface area contributed by atoms with Crippen LogP contribution in [-0.4, -0.2) is 26.1 Å². The van der Waals surface area contributed by atoms with Crippen LogP contribution in [0.25, 0.3) is 0 Å². The number of rotatable bonds is 9. The van der Waals surface area contributed by atoms with E-state index in [1.807, 2.05) is 30.3 Å². The maximum absolute atomic E-state index is 12.7. The second kappa shape index (κ2) is 9.16. The zero-order valence-corrected chi connectivity index (χ0v) is 16.0. The largest absolute Gasteiger partial charge is 0.398 e. The van der Waals surface area contributed by atoms with Crippen LogP contribution in [-0.2, 0) is 22.9 Å². The predicted octanol–water partition coefficient (Wildman–Crippen LogP) is 2.74. The molecule has 0 heterocycles. The molecular formula is C20H28N2O3S. The molecule has 0 aliphatic heterocycles. The first-order valence-corrected chi connectivity index (χ1v) is 10.2. The lowest BCUT2D eigenvalue weighted by atomic mass is 10.0. The maximum Gasteiger partial charge on any atom is 0.240 e. The number of aryl methyl sites for hydroxylation is 1. The average Bonchev–Trinajstić information content (AvgIpc) is 2.62. The van der Waals surface area contributed by atoms with Crippen molar-refractivity contribution < 1.29 is 14.9 Å². The number of hydrogen-bond donors (Lipinski definition) is 3. The van der Waals surface area contributed by atoms with Gasteiger partial charge in [-0.3, -0.25) is 0 Å². The van der Waals surface area contributed by atoms with Crippen LogP contribution in [0.4, 0.5) is 5.69 Å². The minimum atomic E-state index is -3.90. The van der Waals surface area contributed by atoms with E-state index in [4.69, 9.17) is 7.10 Å². The molecule has 4 N–H and O–H groups in total. The molecule has 0 fully saturated rings. The third-order valence-corrected chi connectivity index (χ3v) is 5.47. The standard InChI is InChI=1S/C20H28N2O3S/c1-15(2)14-22-26(24,25)20-10-6-9-19(21)18(20)13-17(23)12-11-16-7-4-3-5-8-16/h3-10,15,17,22-23H,11-14,21H2,1-2H3/i14D. The van der Waals surface area contributed by atoms with E-state index in [-0.39, 0.29) is 17.2 Å². The van der Waals surface area contributed by atoms with Crippen LogP contribution in [0.3, 0.4) is 0 Å². The molecule has 0 saturated carbocycles. The molecule has 26 heavy (non-hydrogen) atoms. The Bertz CT molecular complexity index is 842. The molecule has 2 aromatic carbocycles. The van der Waals surface area contributed by atoms with Gasteiger partial charge in [0.15, 0.2) is 0 Å². The van der Waals surface area contributed by atoms with Crippen LogP contribution in [0.2, 0.25) is 0 Å². The minimum absolute atomic E-state index is 0.0270. The van der Waals surface area contributed by atoms with Gasteiger partial charge >= 0.3 is 0 Å². The lowest BCUT2D eigenvalue weighted by molar-refractivity contribution is 0.164. The maximum atomic E-state index is 12.7.